The van der Waals surface area contributed by atoms with Crippen LogP contribution in [0.4, 0.5) is 10.5 Å². The molecule has 1 unspecified atom stereocenters. The van der Waals surface area contributed by atoms with Gasteiger partial charge in [0.1, 0.15) is 23.5 Å². The maximum atomic E-state index is 13.7. The lowest BCUT2D eigenvalue weighted by molar-refractivity contribution is -0.206. The van der Waals surface area contributed by atoms with Crippen molar-refractivity contribution in [1.82, 2.24) is 4.90 Å². The average Bonchev–Trinajstić information content (AvgIpc) is 3.42. The lowest BCUT2D eigenvalue weighted by atomic mass is 9.44. The Labute approximate surface area is 302 Å². The molecule has 9 atom stereocenters. The maximum Gasteiger partial charge on any atom is 0.410 e. The fourth-order valence-corrected chi connectivity index (χ4v) is 10.5. The molecule has 50 heavy (non-hydrogen) atoms. The summed E-state index contributed by atoms with van der Waals surface area (Å²) in [4.78, 5) is 55.8. The molecule has 1 heterocycles. The Hall–Kier alpha value is -2.85. The van der Waals surface area contributed by atoms with E-state index in [1.54, 1.807) is 0 Å². The van der Waals surface area contributed by atoms with Crippen LogP contribution in [0.1, 0.15) is 106 Å². The van der Waals surface area contributed by atoms with Crippen LogP contribution < -0.4 is 5.32 Å². The molecule has 5 rings (SSSR count). The molecule has 4 fully saturated rings. The van der Waals surface area contributed by atoms with Crippen LogP contribution in [0.15, 0.2) is 41.8 Å². The Bertz CT molecular complexity index is 1480. The third-order valence-electron chi connectivity index (χ3n) is 12.7. The third kappa shape index (κ3) is 7.39. The number of esters is 1. The molecule has 1 aliphatic heterocycles. The van der Waals surface area contributed by atoms with Crippen LogP contribution in [0.2, 0.25) is 0 Å². The summed E-state index contributed by atoms with van der Waals surface area (Å²) in [5.41, 5.74) is -1.56. The Kier molecular flexibility index (Phi) is 11.2. The molecule has 276 valence electrons. The molecule has 4 aliphatic rings. The highest BCUT2D eigenvalue weighted by Crippen LogP contribution is 2.68. The van der Waals surface area contributed by atoms with E-state index in [0.717, 1.165) is 37.0 Å². The van der Waals surface area contributed by atoms with Crippen molar-refractivity contribution in [3.63, 3.8) is 0 Å². The number of ether oxygens (including phenoxy) is 2. The van der Waals surface area contributed by atoms with E-state index < -0.39 is 40.8 Å². The van der Waals surface area contributed by atoms with Crippen LogP contribution in [0.3, 0.4) is 0 Å². The quantitative estimate of drug-likeness (QED) is 0.159. The van der Waals surface area contributed by atoms with Crippen molar-refractivity contribution >= 4 is 41.2 Å². The number of thioether (sulfide) groups is 1. The molecule has 3 aliphatic carbocycles. The molecule has 1 saturated heterocycles. The van der Waals surface area contributed by atoms with Gasteiger partial charge in [0, 0.05) is 46.0 Å². The van der Waals surface area contributed by atoms with Gasteiger partial charge < -0.3 is 19.9 Å². The highest BCUT2D eigenvalue weighted by atomic mass is 32.2. The van der Waals surface area contributed by atoms with Crippen molar-refractivity contribution < 1.29 is 33.8 Å². The van der Waals surface area contributed by atoms with Crippen molar-refractivity contribution in [3.05, 3.63) is 36.9 Å². The van der Waals surface area contributed by atoms with E-state index in [1.165, 1.54) is 16.7 Å². The number of likely N-dealkylation sites (tertiary alicyclic amines) is 1. The number of amides is 2. The van der Waals surface area contributed by atoms with Gasteiger partial charge in [0.15, 0.2) is 0 Å². The summed E-state index contributed by atoms with van der Waals surface area (Å²) in [5, 5.41) is 14.7. The van der Waals surface area contributed by atoms with E-state index in [4.69, 9.17) is 9.47 Å². The molecule has 9 nitrogen and oxygen atoms in total. The Morgan fingerprint density at radius 1 is 1.14 bits per heavy atom. The van der Waals surface area contributed by atoms with Crippen LogP contribution in [0, 0.1) is 34.0 Å². The fourth-order valence-electron chi connectivity index (χ4n) is 9.60. The summed E-state index contributed by atoms with van der Waals surface area (Å²) in [6, 6.07) is 6.87. The van der Waals surface area contributed by atoms with Crippen molar-refractivity contribution in [3.8, 4) is 0 Å². The van der Waals surface area contributed by atoms with E-state index >= 15 is 0 Å². The largest absolute Gasteiger partial charge is 0.462 e. The number of hydrogen-bond acceptors (Lipinski definition) is 8. The standard InChI is InChI=1S/C40H58N2O7S/c1-9-38(7)24-31(39(8)25(2)16-19-40(26(3)34(38)45)20-17-30(43)33(39)40)48-32(44)18-22-50-28-14-12-13-27(23-28)41-35(46)29-15-10-11-21-42(29)36(47)49-37(4,5)6/h9,12-14,23,25-26,29,31,33-34,45H,1,10-11,15-22,24H2,2-8H3,(H,41,46)/t25-,26+,29-,31-,33?,34+,38-,39+,40+/m1/s1. The number of nitrogens with one attached hydrogen (secondary N) is 1. The van der Waals surface area contributed by atoms with Gasteiger partial charge in [-0.1, -0.05) is 39.8 Å². The SMILES string of the molecule is C=C[C@]1(C)C[C@@H](OC(=O)CCSc2cccc(NC(=O)[C@H]3CCCCN3C(=O)OC(C)(C)C)c2)[C@@]2(C)C3C(=O)CC[C@@]3(CC[C@H]2C)[C@@H](C)[C@@H]1O. The lowest BCUT2D eigenvalue weighted by Gasteiger charge is -2.61. The van der Waals surface area contributed by atoms with Crippen molar-refractivity contribution in [1.29, 1.82) is 0 Å². The normalized spacial score (nSPS) is 35.7. The van der Waals surface area contributed by atoms with Crippen molar-refractivity contribution in [2.45, 2.75) is 135 Å². The molecular formula is C40H58N2O7S. The first kappa shape index (κ1) is 38.4. The van der Waals surface area contributed by atoms with Crippen LogP contribution in [-0.2, 0) is 23.9 Å². The van der Waals surface area contributed by atoms with E-state index in [2.05, 4.69) is 32.7 Å². The number of piperidine rings is 1. The highest BCUT2D eigenvalue weighted by molar-refractivity contribution is 7.99. The predicted molar refractivity (Wildman–Crippen MR) is 196 cm³/mol. The first-order valence-electron chi connectivity index (χ1n) is 18.5. The van der Waals surface area contributed by atoms with Gasteiger partial charge in [0.05, 0.1) is 12.5 Å². The topological polar surface area (TPSA) is 122 Å². The number of Topliss-reactive ketones (excluding diaryl/α,β-unsaturated/α-hetero) is 1. The number of nitrogens with zero attached hydrogens (tertiary/aromatic N) is 1. The van der Waals surface area contributed by atoms with Crippen LogP contribution >= 0.6 is 11.8 Å². The monoisotopic (exact) mass is 710 g/mol. The lowest BCUT2D eigenvalue weighted by Crippen LogP contribution is -2.63. The van der Waals surface area contributed by atoms with E-state index in [-0.39, 0.29) is 47.2 Å². The molecule has 0 aromatic heterocycles. The van der Waals surface area contributed by atoms with Gasteiger partial charge in [-0.15, -0.1) is 18.3 Å². The molecular weight excluding hydrogens is 653 g/mol. The van der Waals surface area contributed by atoms with Gasteiger partial charge in [-0.2, -0.15) is 0 Å². The minimum absolute atomic E-state index is 0.0750. The van der Waals surface area contributed by atoms with Gasteiger partial charge in [-0.3, -0.25) is 19.3 Å². The fraction of sp³-hybridized carbons (Fsp3) is 0.700. The number of carbonyl (C=O) groups is 4. The van der Waals surface area contributed by atoms with E-state index in [0.29, 0.717) is 37.2 Å². The zero-order valence-corrected chi connectivity index (χ0v) is 31.9. The number of hydrogen-bond donors (Lipinski definition) is 2. The molecule has 2 bridgehead atoms. The van der Waals surface area contributed by atoms with Crippen molar-refractivity contribution in [2.75, 3.05) is 17.6 Å². The zero-order valence-electron chi connectivity index (χ0n) is 31.1. The summed E-state index contributed by atoms with van der Waals surface area (Å²) in [6.45, 7) is 18.5. The average molecular weight is 711 g/mol. The number of carbonyl (C=O) groups excluding carboxylic acids is 4. The molecule has 10 heteroatoms. The summed E-state index contributed by atoms with van der Waals surface area (Å²) < 4.78 is 12.0. The van der Waals surface area contributed by atoms with Crippen molar-refractivity contribution in [2.24, 2.45) is 34.0 Å². The van der Waals surface area contributed by atoms with Gasteiger partial charge >= 0.3 is 12.1 Å². The minimum atomic E-state index is -0.700. The molecule has 0 radical (unpaired) electrons. The smallest absolute Gasteiger partial charge is 0.410 e. The molecule has 2 amide bonds. The predicted octanol–water partition coefficient (Wildman–Crippen LogP) is 7.80. The zero-order chi connectivity index (χ0) is 36.6. The summed E-state index contributed by atoms with van der Waals surface area (Å²) in [5.74, 6) is -0.0203. The molecule has 3 saturated carbocycles. The second kappa shape index (κ2) is 14.6. The molecule has 2 N–H and O–H groups in total. The van der Waals surface area contributed by atoms with Crippen LogP contribution in [-0.4, -0.2) is 69.9 Å². The second-order valence-electron chi connectivity index (χ2n) is 16.9. The number of rotatable bonds is 8. The Balaban J connectivity index is 1.24. The second-order valence-corrected chi connectivity index (χ2v) is 18.0. The van der Waals surface area contributed by atoms with Gasteiger partial charge in [0.25, 0.3) is 0 Å². The third-order valence-corrected chi connectivity index (χ3v) is 13.7. The summed E-state index contributed by atoms with van der Waals surface area (Å²) >= 11 is 1.50. The van der Waals surface area contributed by atoms with Gasteiger partial charge in [-0.05, 0) is 101 Å². The maximum absolute atomic E-state index is 13.7. The highest BCUT2D eigenvalue weighted by Gasteiger charge is 2.68. The first-order chi connectivity index (χ1) is 23.4. The van der Waals surface area contributed by atoms with E-state index in [1.807, 2.05) is 58.0 Å². The Morgan fingerprint density at radius 2 is 1.88 bits per heavy atom. The van der Waals surface area contributed by atoms with E-state index in [9.17, 15) is 24.3 Å². The number of ketones is 1. The Morgan fingerprint density at radius 3 is 2.58 bits per heavy atom. The number of aliphatic hydroxyl groups excluding tert-OH is 1. The van der Waals surface area contributed by atoms with Gasteiger partial charge in [0.2, 0.25) is 5.91 Å². The number of aliphatic hydroxyl groups is 1. The summed E-state index contributed by atoms with van der Waals surface area (Å²) in [7, 11) is 0. The first-order valence-corrected chi connectivity index (χ1v) is 19.5. The van der Waals surface area contributed by atoms with Crippen LogP contribution in [0.25, 0.3) is 0 Å². The number of benzene rings is 1. The van der Waals surface area contributed by atoms with Crippen LogP contribution in [0.5, 0.6) is 0 Å². The minimum Gasteiger partial charge on any atom is -0.462 e. The molecule has 1 aromatic carbocycles. The molecule has 0 spiro atoms. The molecule has 1 aromatic rings. The van der Waals surface area contributed by atoms with Gasteiger partial charge in [-0.25, -0.2) is 4.79 Å². The summed E-state index contributed by atoms with van der Waals surface area (Å²) in [6.07, 6.45) is 6.03. The number of anilines is 1.